The normalized spacial score (nSPS) is 14.2. The third-order valence-corrected chi connectivity index (χ3v) is 5.19. The number of hydrogen-bond acceptors (Lipinski definition) is 4. The van der Waals surface area contributed by atoms with Crippen LogP contribution in [0.1, 0.15) is 29.6 Å². The van der Waals surface area contributed by atoms with E-state index in [1.807, 2.05) is 23.1 Å². The minimum absolute atomic E-state index is 0.0164. The second kappa shape index (κ2) is 7.81. The maximum absolute atomic E-state index is 12.5. The van der Waals surface area contributed by atoms with E-state index in [0.717, 1.165) is 35.9 Å². The summed E-state index contributed by atoms with van der Waals surface area (Å²) >= 11 is 2.14. The summed E-state index contributed by atoms with van der Waals surface area (Å²) in [7, 11) is 0. The van der Waals surface area contributed by atoms with E-state index in [1.54, 1.807) is 18.2 Å². The molecule has 3 rings (SSSR count). The first-order valence-corrected chi connectivity index (χ1v) is 9.23. The number of nitrogens with one attached hydrogen (secondary N) is 1. The van der Waals surface area contributed by atoms with Gasteiger partial charge in [-0.1, -0.05) is 12.1 Å². The Labute approximate surface area is 159 Å². The van der Waals surface area contributed by atoms with Gasteiger partial charge in [-0.2, -0.15) is 0 Å². The molecule has 0 unspecified atom stereocenters. The highest BCUT2D eigenvalue weighted by molar-refractivity contribution is 14.1. The van der Waals surface area contributed by atoms with Crippen molar-refractivity contribution in [2.24, 2.45) is 0 Å². The van der Waals surface area contributed by atoms with Gasteiger partial charge >= 0.3 is 0 Å². The van der Waals surface area contributed by atoms with Crippen LogP contribution in [0.25, 0.3) is 0 Å². The molecular formula is C18H18IN3O3. The zero-order valence-corrected chi connectivity index (χ0v) is 15.7. The largest absolute Gasteiger partial charge is 0.366 e. The zero-order chi connectivity index (χ0) is 17.8. The molecule has 6 nitrogen and oxygen atoms in total. The second-order valence-electron chi connectivity index (χ2n) is 5.94. The van der Waals surface area contributed by atoms with Crippen molar-refractivity contribution >= 4 is 45.6 Å². The number of nitrogens with zero attached hydrogens (tertiary/aromatic N) is 2. The summed E-state index contributed by atoms with van der Waals surface area (Å²) in [6.45, 7) is 1.63. The van der Waals surface area contributed by atoms with Gasteiger partial charge in [-0.15, -0.1) is 0 Å². The van der Waals surface area contributed by atoms with Crippen molar-refractivity contribution in [1.82, 2.24) is 0 Å². The van der Waals surface area contributed by atoms with Crippen molar-refractivity contribution in [1.29, 1.82) is 0 Å². The summed E-state index contributed by atoms with van der Waals surface area (Å²) in [4.78, 5) is 25.6. The van der Waals surface area contributed by atoms with Crippen LogP contribution in [0.4, 0.5) is 17.1 Å². The smallest absolute Gasteiger partial charge is 0.293 e. The number of halogens is 1. The minimum atomic E-state index is -0.410. The number of piperidine rings is 1. The fourth-order valence-electron chi connectivity index (χ4n) is 2.97. The minimum Gasteiger partial charge on any atom is -0.366 e. The van der Waals surface area contributed by atoms with E-state index in [1.165, 1.54) is 6.07 Å². The van der Waals surface area contributed by atoms with Gasteiger partial charge in [-0.05, 0) is 66.1 Å². The molecule has 0 atom stereocenters. The van der Waals surface area contributed by atoms with Crippen LogP contribution >= 0.6 is 22.6 Å². The van der Waals surface area contributed by atoms with Crippen molar-refractivity contribution in [3.05, 3.63) is 61.7 Å². The van der Waals surface area contributed by atoms with Gasteiger partial charge in [0.15, 0.2) is 0 Å². The molecule has 130 valence electrons. The van der Waals surface area contributed by atoms with E-state index in [4.69, 9.17) is 0 Å². The average molecular weight is 451 g/mol. The van der Waals surface area contributed by atoms with E-state index < -0.39 is 4.92 Å². The summed E-state index contributed by atoms with van der Waals surface area (Å²) in [6.07, 6.45) is 3.22. The van der Waals surface area contributed by atoms with Gasteiger partial charge in [-0.3, -0.25) is 14.9 Å². The Morgan fingerprint density at radius 2 is 1.84 bits per heavy atom. The van der Waals surface area contributed by atoms with Gasteiger partial charge in [0.05, 0.1) is 10.6 Å². The van der Waals surface area contributed by atoms with Crippen molar-refractivity contribution in [3.63, 3.8) is 0 Å². The van der Waals surface area contributed by atoms with Crippen LogP contribution in [0.15, 0.2) is 42.5 Å². The van der Waals surface area contributed by atoms with Crippen LogP contribution in [0, 0.1) is 13.7 Å². The average Bonchev–Trinajstić information content (AvgIpc) is 2.63. The van der Waals surface area contributed by atoms with Crippen molar-refractivity contribution in [3.8, 4) is 0 Å². The molecule has 1 saturated heterocycles. The molecule has 0 saturated carbocycles. The molecule has 0 spiro atoms. The molecule has 25 heavy (non-hydrogen) atoms. The van der Waals surface area contributed by atoms with E-state index in [-0.39, 0.29) is 17.2 Å². The van der Waals surface area contributed by atoms with Crippen LogP contribution in [-0.4, -0.2) is 23.9 Å². The molecule has 0 aliphatic carbocycles. The molecule has 0 aromatic heterocycles. The monoisotopic (exact) mass is 451 g/mol. The molecule has 2 aromatic rings. The highest BCUT2D eigenvalue weighted by Crippen LogP contribution is 2.31. The first kappa shape index (κ1) is 17.7. The van der Waals surface area contributed by atoms with Crippen molar-refractivity contribution in [2.45, 2.75) is 19.3 Å². The van der Waals surface area contributed by atoms with Crippen LogP contribution in [0.5, 0.6) is 0 Å². The number of anilines is 2. The number of nitro benzene ring substituents is 1. The SMILES string of the molecule is O=C(Nc1ccccc1I)c1ccc(N2CCCCC2)c([N+](=O)[O-])c1. The number of amides is 1. The lowest BCUT2D eigenvalue weighted by Gasteiger charge is -2.28. The molecule has 7 heteroatoms. The standard InChI is InChI=1S/C18H18IN3O3/c19-14-6-2-3-7-15(14)20-18(23)13-8-9-16(17(12-13)22(24)25)21-10-4-1-5-11-21/h2-3,6-9,12H,1,4-5,10-11H2,(H,20,23). The Balaban J connectivity index is 1.87. The first-order chi connectivity index (χ1) is 12.1. The van der Waals surface area contributed by atoms with Crippen molar-refractivity contribution in [2.75, 3.05) is 23.3 Å². The predicted octanol–water partition coefficient (Wildman–Crippen LogP) is 4.44. The Hall–Kier alpha value is -2.16. The summed E-state index contributed by atoms with van der Waals surface area (Å²) < 4.78 is 0.910. The van der Waals surface area contributed by atoms with E-state index >= 15 is 0 Å². The number of benzene rings is 2. The van der Waals surface area contributed by atoms with Gasteiger partial charge in [0.1, 0.15) is 5.69 Å². The Bertz CT molecular complexity index is 804. The number of nitro groups is 1. The Morgan fingerprint density at radius 3 is 2.52 bits per heavy atom. The topological polar surface area (TPSA) is 75.5 Å². The van der Waals surface area contributed by atoms with Gasteiger partial charge in [0.2, 0.25) is 0 Å². The van der Waals surface area contributed by atoms with Gasteiger partial charge in [0, 0.05) is 28.3 Å². The third kappa shape index (κ3) is 4.09. The lowest BCUT2D eigenvalue weighted by molar-refractivity contribution is -0.384. The van der Waals surface area contributed by atoms with E-state index in [2.05, 4.69) is 27.9 Å². The maximum Gasteiger partial charge on any atom is 0.293 e. The van der Waals surface area contributed by atoms with Crippen LogP contribution in [-0.2, 0) is 0 Å². The summed E-state index contributed by atoms with van der Waals surface area (Å²) in [6, 6.07) is 12.1. The van der Waals surface area contributed by atoms with Crippen LogP contribution in [0.2, 0.25) is 0 Å². The van der Waals surface area contributed by atoms with Gasteiger partial charge < -0.3 is 10.2 Å². The van der Waals surface area contributed by atoms with Crippen LogP contribution in [0.3, 0.4) is 0 Å². The fraction of sp³-hybridized carbons (Fsp3) is 0.278. The molecule has 1 aliphatic heterocycles. The Morgan fingerprint density at radius 1 is 1.12 bits per heavy atom. The predicted molar refractivity (Wildman–Crippen MR) is 106 cm³/mol. The molecule has 1 N–H and O–H groups in total. The van der Waals surface area contributed by atoms with E-state index in [9.17, 15) is 14.9 Å². The lowest BCUT2D eigenvalue weighted by Crippen LogP contribution is -2.30. The fourth-order valence-corrected chi connectivity index (χ4v) is 3.49. The summed E-state index contributed by atoms with van der Waals surface area (Å²) in [5, 5.41) is 14.3. The molecule has 1 aliphatic rings. The van der Waals surface area contributed by atoms with Gasteiger partial charge in [0.25, 0.3) is 11.6 Å². The molecular weight excluding hydrogens is 433 g/mol. The molecule has 2 aromatic carbocycles. The molecule has 1 heterocycles. The van der Waals surface area contributed by atoms with Crippen LogP contribution < -0.4 is 10.2 Å². The molecule has 1 amide bonds. The highest BCUT2D eigenvalue weighted by Gasteiger charge is 2.23. The number of carbonyl (C=O) groups is 1. The quantitative estimate of drug-likeness (QED) is 0.424. The number of para-hydroxylation sites is 1. The second-order valence-corrected chi connectivity index (χ2v) is 7.10. The number of hydrogen-bond donors (Lipinski definition) is 1. The number of carbonyl (C=O) groups excluding carboxylic acids is 1. The lowest BCUT2D eigenvalue weighted by atomic mass is 10.1. The van der Waals surface area contributed by atoms with E-state index in [0.29, 0.717) is 11.4 Å². The zero-order valence-electron chi connectivity index (χ0n) is 13.6. The Kier molecular flexibility index (Phi) is 5.52. The summed E-state index contributed by atoms with van der Waals surface area (Å²) in [5.74, 6) is -0.350. The summed E-state index contributed by atoms with van der Waals surface area (Å²) in [5.41, 5.74) is 1.55. The molecule has 0 bridgehead atoms. The first-order valence-electron chi connectivity index (χ1n) is 8.15. The van der Waals surface area contributed by atoms with Crippen molar-refractivity contribution < 1.29 is 9.72 Å². The van der Waals surface area contributed by atoms with Gasteiger partial charge in [-0.25, -0.2) is 0 Å². The number of rotatable bonds is 4. The highest BCUT2D eigenvalue weighted by atomic mass is 127. The third-order valence-electron chi connectivity index (χ3n) is 4.25. The maximum atomic E-state index is 12.5. The molecule has 1 fully saturated rings. The molecule has 0 radical (unpaired) electrons.